The highest BCUT2D eigenvalue weighted by Gasteiger charge is 2.43. The third-order valence-electron chi connectivity index (χ3n) is 6.60. The Labute approximate surface area is 215 Å². The van der Waals surface area contributed by atoms with E-state index in [1.165, 1.54) is 16.9 Å². The molecule has 0 saturated carbocycles. The molecule has 8 heteroatoms. The van der Waals surface area contributed by atoms with Gasteiger partial charge in [0.15, 0.2) is 0 Å². The van der Waals surface area contributed by atoms with Crippen molar-refractivity contribution in [3.63, 3.8) is 0 Å². The molecule has 1 saturated heterocycles. The number of anilines is 1. The van der Waals surface area contributed by atoms with Gasteiger partial charge in [-0.15, -0.1) is 11.3 Å². The number of amides is 2. The number of likely N-dealkylation sites (tertiary alicyclic amines) is 1. The molecule has 188 valence electrons. The molecule has 3 heterocycles. The third-order valence-corrected chi connectivity index (χ3v) is 7.19. The van der Waals surface area contributed by atoms with Gasteiger partial charge in [0.25, 0.3) is 5.91 Å². The first-order chi connectivity index (χ1) is 17.2. The molecule has 5 rings (SSSR count). The van der Waals surface area contributed by atoms with Crippen LogP contribution in [0.3, 0.4) is 0 Å². The van der Waals surface area contributed by atoms with Gasteiger partial charge in [0.05, 0.1) is 12.1 Å². The van der Waals surface area contributed by atoms with Crippen LogP contribution in [0.2, 0.25) is 0 Å². The molecule has 1 N–H and O–H groups in total. The number of thiazole rings is 1. The molecule has 0 atom stereocenters. The van der Waals surface area contributed by atoms with Crippen LogP contribution in [0.4, 0.5) is 10.5 Å². The van der Waals surface area contributed by atoms with Crippen LogP contribution >= 0.6 is 11.3 Å². The van der Waals surface area contributed by atoms with E-state index >= 15 is 0 Å². The van der Waals surface area contributed by atoms with E-state index in [2.05, 4.69) is 43.2 Å². The van der Waals surface area contributed by atoms with Crippen LogP contribution in [0, 0.1) is 5.41 Å². The van der Waals surface area contributed by atoms with Crippen molar-refractivity contribution in [2.75, 3.05) is 25.0 Å². The van der Waals surface area contributed by atoms with Crippen LogP contribution < -0.4 is 10.1 Å². The van der Waals surface area contributed by atoms with Gasteiger partial charge in [-0.25, -0.2) is 9.78 Å². The number of rotatable bonds is 4. The fourth-order valence-corrected chi connectivity index (χ4v) is 5.16. The summed E-state index contributed by atoms with van der Waals surface area (Å²) in [5, 5.41) is 4.61. The predicted octanol–water partition coefficient (Wildman–Crippen LogP) is 6.01. The number of piperidine rings is 1. The van der Waals surface area contributed by atoms with Crippen molar-refractivity contribution in [3.05, 3.63) is 64.6 Å². The van der Waals surface area contributed by atoms with Crippen molar-refractivity contribution < 1.29 is 19.1 Å². The van der Waals surface area contributed by atoms with Gasteiger partial charge >= 0.3 is 6.09 Å². The highest BCUT2D eigenvalue weighted by molar-refractivity contribution is 7.07. The van der Waals surface area contributed by atoms with Crippen molar-refractivity contribution >= 4 is 29.0 Å². The summed E-state index contributed by atoms with van der Waals surface area (Å²) < 4.78 is 11.9. The van der Waals surface area contributed by atoms with Gasteiger partial charge in [-0.3, -0.25) is 4.79 Å². The normalized spacial score (nSPS) is 16.4. The largest absolute Gasteiger partial charge is 0.487 e. The van der Waals surface area contributed by atoms with Crippen molar-refractivity contribution in [2.45, 2.75) is 45.6 Å². The fraction of sp³-hybridized carbons (Fsp3) is 0.393. The van der Waals surface area contributed by atoms with Crippen LogP contribution in [0.15, 0.2) is 53.4 Å². The van der Waals surface area contributed by atoms with Gasteiger partial charge in [-0.05, 0) is 46.4 Å². The van der Waals surface area contributed by atoms with Crippen LogP contribution in [0.5, 0.6) is 5.75 Å². The van der Waals surface area contributed by atoms with E-state index in [-0.39, 0.29) is 23.0 Å². The van der Waals surface area contributed by atoms with E-state index in [0.717, 1.165) is 41.8 Å². The van der Waals surface area contributed by atoms with Crippen molar-refractivity contribution in [1.82, 2.24) is 9.88 Å². The Bertz CT molecular complexity index is 1240. The Kier molecular flexibility index (Phi) is 6.47. The minimum atomic E-state index is -0.258. The molecular weight excluding hydrogens is 474 g/mol. The van der Waals surface area contributed by atoms with Gasteiger partial charge in [0.1, 0.15) is 17.0 Å². The zero-order chi connectivity index (χ0) is 25.3. The second-order valence-electron chi connectivity index (χ2n) is 10.8. The Morgan fingerprint density at radius 1 is 1.11 bits per heavy atom. The Morgan fingerprint density at radius 2 is 1.83 bits per heavy atom. The monoisotopic (exact) mass is 505 g/mol. The summed E-state index contributed by atoms with van der Waals surface area (Å²) in [5.74, 6) is 0.715. The van der Waals surface area contributed by atoms with Gasteiger partial charge in [-0.1, -0.05) is 39.0 Å². The van der Waals surface area contributed by atoms with Crippen molar-refractivity contribution in [1.29, 1.82) is 0 Å². The van der Waals surface area contributed by atoms with Crippen LogP contribution in [-0.4, -0.2) is 47.2 Å². The first kappa shape index (κ1) is 24.3. The summed E-state index contributed by atoms with van der Waals surface area (Å²) in [7, 11) is 0. The highest BCUT2D eigenvalue weighted by atomic mass is 32.1. The number of aromatic nitrogens is 1. The standard InChI is InChI=1S/C28H31N3O4S/c1-27(2,3)17-34-26(33)31-12-10-28(11-13-31)15-21-14-20(6-9-24(21)35-28)19-4-7-22(8-5-19)30-25(32)23-16-36-18-29-23/h4-9,14,16,18H,10-13,15,17H2,1-3H3,(H,30,32). The number of ether oxygens (including phenoxy) is 2. The van der Waals surface area contributed by atoms with E-state index in [0.29, 0.717) is 25.4 Å². The topological polar surface area (TPSA) is 80.8 Å². The van der Waals surface area contributed by atoms with E-state index < -0.39 is 0 Å². The Hall–Kier alpha value is -3.39. The molecule has 2 amide bonds. The molecule has 0 aliphatic carbocycles. The number of carbonyl (C=O) groups is 2. The summed E-state index contributed by atoms with van der Waals surface area (Å²) in [6.07, 6.45) is 2.18. The molecule has 36 heavy (non-hydrogen) atoms. The smallest absolute Gasteiger partial charge is 0.409 e. The second-order valence-corrected chi connectivity index (χ2v) is 11.5. The Balaban J connectivity index is 1.20. The van der Waals surface area contributed by atoms with Gasteiger partial charge in [0.2, 0.25) is 0 Å². The lowest BCUT2D eigenvalue weighted by molar-refractivity contribution is 0.00956. The summed E-state index contributed by atoms with van der Waals surface area (Å²) in [6, 6.07) is 14.1. The summed E-state index contributed by atoms with van der Waals surface area (Å²) in [5.41, 5.74) is 5.86. The number of hydrogen-bond donors (Lipinski definition) is 1. The highest BCUT2D eigenvalue weighted by Crippen LogP contribution is 2.42. The second kappa shape index (κ2) is 9.58. The SMILES string of the molecule is CC(C)(C)COC(=O)N1CCC2(CC1)Cc1cc(-c3ccc(NC(=O)c4cscn4)cc3)ccc1O2. The van der Waals surface area contributed by atoms with E-state index in [9.17, 15) is 9.59 Å². The van der Waals surface area contributed by atoms with Gasteiger partial charge in [-0.2, -0.15) is 0 Å². The quantitative estimate of drug-likeness (QED) is 0.469. The molecule has 2 aliphatic heterocycles. The first-order valence-electron chi connectivity index (χ1n) is 12.2. The molecular formula is C28H31N3O4S. The molecule has 1 aromatic heterocycles. The minimum Gasteiger partial charge on any atom is -0.487 e. The lowest BCUT2D eigenvalue weighted by atomic mass is 9.86. The molecule has 2 aromatic carbocycles. The molecule has 2 aliphatic rings. The summed E-state index contributed by atoms with van der Waals surface area (Å²) >= 11 is 1.39. The maximum Gasteiger partial charge on any atom is 0.409 e. The number of hydrogen-bond acceptors (Lipinski definition) is 6. The maximum atomic E-state index is 12.4. The third kappa shape index (κ3) is 5.38. The number of nitrogens with one attached hydrogen (secondary N) is 1. The molecule has 0 unspecified atom stereocenters. The number of carbonyl (C=O) groups excluding carboxylic acids is 2. The average Bonchev–Trinajstić information content (AvgIpc) is 3.51. The molecule has 7 nitrogen and oxygen atoms in total. The lowest BCUT2D eigenvalue weighted by Crippen LogP contribution is -2.49. The maximum absolute atomic E-state index is 12.4. The van der Waals surface area contributed by atoms with E-state index in [1.807, 2.05) is 30.3 Å². The number of nitrogens with zero attached hydrogens (tertiary/aromatic N) is 2. The van der Waals surface area contributed by atoms with Crippen LogP contribution in [0.25, 0.3) is 11.1 Å². The van der Waals surface area contributed by atoms with Crippen molar-refractivity contribution in [2.24, 2.45) is 5.41 Å². The molecule has 1 spiro atoms. The first-order valence-corrected chi connectivity index (χ1v) is 13.2. The summed E-state index contributed by atoms with van der Waals surface area (Å²) in [4.78, 5) is 30.5. The zero-order valence-electron chi connectivity index (χ0n) is 20.9. The van der Waals surface area contributed by atoms with Crippen LogP contribution in [-0.2, 0) is 11.2 Å². The lowest BCUT2D eigenvalue weighted by Gasteiger charge is -2.38. The van der Waals surface area contributed by atoms with Gasteiger partial charge < -0.3 is 19.7 Å². The zero-order valence-corrected chi connectivity index (χ0v) is 21.7. The Morgan fingerprint density at radius 3 is 2.50 bits per heavy atom. The molecule has 1 fully saturated rings. The van der Waals surface area contributed by atoms with Crippen LogP contribution in [0.1, 0.15) is 49.7 Å². The fourth-order valence-electron chi connectivity index (χ4n) is 4.62. The molecule has 0 bridgehead atoms. The van der Waals surface area contributed by atoms with E-state index in [4.69, 9.17) is 9.47 Å². The van der Waals surface area contributed by atoms with Gasteiger partial charge in [0, 0.05) is 43.4 Å². The number of benzene rings is 2. The predicted molar refractivity (Wildman–Crippen MR) is 141 cm³/mol. The van der Waals surface area contributed by atoms with Crippen molar-refractivity contribution in [3.8, 4) is 16.9 Å². The number of fused-ring (bicyclic) bond motifs is 1. The molecule has 3 aromatic rings. The average molecular weight is 506 g/mol. The minimum absolute atomic E-state index is 0.0452. The summed E-state index contributed by atoms with van der Waals surface area (Å²) in [6.45, 7) is 7.85. The van der Waals surface area contributed by atoms with E-state index in [1.54, 1.807) is 15.8 Å². The molecule has 0 radical (unpaired) electrons.